The molecule has 0 spiro atoms. The predicted octanol–water partition coefficient (Wildman–Crippen LogP) is 3.58. The fourth-order valence-electron chi connectivity index (χ4n) is 3.04. The number of nitrogens with one attached hydrogen (secondary N) is 1. The van der Waals surface area contributed by atoms with Gasteiger partial charge >= 0.3 is 0 Å². The Morgan fingerprint density at radius 2 is 1.78 bits per heavy atom. The van der Waals surface area contributed by atoms with Crippen molar-refractivity contribution in [2.45, 2.75) is 13.0 Å². The molecule has 1 aliphatic carbocycles. The van der Waals surface area contributed by atoms with Crippen molar-refractivity contribution in [2.24, 2.45) is 0 Å². The number of carbonyl (C=O) groups is 1. The molecule has 0 atom stereocenters. The average molecular weight is 300 g/mol. The van der Waals surface area contributed by atoms with Crippen LogP contribution in [0.2, 0.25) is 0 Å². The average Bonchev–Trinajstić information content (AvgIpc) is 2.98. The lowest BCUT2D eigenvalue weighted by Crippen LogP contribution is -2.23. The number of hydrogen-bond acceptors (Lipinski definition) is 2. The molecule has 0 fully saturated rings. The Labute approximate surface area is 135 Å². The standard InChI is InChI=1S/C20H16N2O/c23-20(22-13-17-6-3-4-10-21-17)16-9-8-15-11-14-5-1-2-7-18(14)19(15)12-16/h1-10,12H,11,13H2,(H,22,23). The van der Waals surface area contributed by atoms with Gasteiger partial charge in [0.25, 0.3) is 5.91 Å². The Hall–Kier alpha value is -2.94. The Bertz CT molecular complexity index is 872. The molecule has 23 heavy (non-hydrogen) atoms. The Morgan fingerprint density at radius 3 is 2.65 bits per heavy atom. The summed E-state index contributed by atoms with van der Waals surface area (Å²) in [5, 5.41) is 2.93. The molecule has 1 aromatic heterocycles. The molecule has 0 unspecified atom stereocenters. The van der Waals surface area contributed by atoms with Crippen molar-refractivity contribution < 1.29 is 4.79 Å². The van der Waals surface area contributed by atoms with E-state index in [0.29, 0.717) is 12.1 Å². The Morgan fingerprint density at radius 1 is 0.957 bits per heavy atom. The second kappa shape index (κ2) is 5.69. The lowest BCUT2D eigenvalue weighted by Gasteiger charge is -2.07. The molecule has 0 saturated carbocycles. The molecule has 0 bridgehead atoms. The molecule has 0 saturated heterocycles. The molecule has 1 aliphatic rings. The minimum atomic E-state index is -0.0668. The third-order valence-electron chi connectivity index (χ3n) is 4.22. The van der Waals surface area contributed by atoms with Crippen molar-refractivity contribution >= 4 is 5.91 Å². The number of amides is 1. The molecule has 3 heteroatoms. The molecular weight excluding hydrogens is 284 g/mol. The van der Waals surface area contributed by atoms with Crippen LogP contribution in [0.25, 0.3) is 11.1 Å². The summed E-state index contributed by atoms with van der Waals surface area (Å²) in [6, 6.07) is 20.0. The van der Waals surface area contributed by atoms with Crippen molar-refractivity contribution in [3.63, 3.8) is 0 Å². The first-order chi connectivity index (χ1) is 11.3. The van der Waals surface area contributed by atoms with Crippen LogP contribution < -0.4 is 5.32 Å². The molecule has 4 rings (SSSR count). The number of rotatable bonds is 3. The normalized spacial score (nSPS) is 11.7. The first-order valence-corrected chi connectivity index (χ1v) is 7.70. The minimum Gasteiger partial charge on any atom is -0.346 e. The maximum Gasteiger partial charge on any atom is 0.251 e. The van der Waals surface area contributed by atoms with Gasteiger partial charge in [-0.15, -0.1) is 0 Å². The fraction of sp³-hybridized carbons (Fsp3) is 0.100. The monoisotopic (exact) mass is 300 g/mol. The van der Waals surface area contributed by atoms with E-state index in [-0.39, 0.29) is 5.91 Å². The summed E-state index contributed by atoms with van der Waals surface area (Å²) in [6.07, 6.45) is 2.68. The summed E-state index contributed by atoms with van der Waals surface area (Å²) in [5.74, 6) is -0.0668. The highest BCUT2D eigenvalue weighted by Gasteiger charge is 2.19. The summed E-state index contributed by atoms with van der Waals surface area (Å²) in [7, 11) is 0. The topological polar surface area (TPSA) is 42.0 Å². The largest absolute Gasteiger partial charge is 0.346 e. The highest BCUT2D eigenvalue weighted by Crippen LogP contribution is 2.36. The molecule has 2 aromatic carbocycles. The van der Waals surface area contributed by atoms with Crippen molar-refractivity contribution in [2.75, 3.05) is 0 Å². The van der Waals surface area contributed by atoms with Crippen LogP contribution in [0.4, 0.5) is 0 Å². The van der Waals surface area contributed by atoms with Gasteiger partial charge in [0.05, 0.1) is 12.2 Å². The van der Waals surface area contributed by atoms with Crippen LogP contribution in [0.15, 0.2) is 66.9 Å². The van der Waals surface area contributed by atoms with E-state index in [1.807, 2.05) is 36.4 Å². The van der Waals surface area contributed by atoms with Crippen LogP contribution in [0.5, 0.6) is 0 Å². The maximum absolute atomic E-state index is 12.4. The SMILES string of the molecule is O=C(NCc1ccccn1)c1ccc2c(c1)-c1ccccc1C2. The molecule has 0 radical (unpaired) electrons. The van der Waals surface area contributed by atoms with Gasteiger partial charge in [-0.3, -0.25) is 9.78 Å². The van der Waals surface area contributed by atoms with Gasteiger partial charge in [0.15, 0.2) is 0 Å². The van der Waals surface area contributed by atoms with Gasteiger partial charge in [-0.25, -0.2) is 0 Å². The van der Waals surface area contributed by atoms with E-state index in [1.165, 1.54) is 22.3 Å². The molecule has 1 N–H and O–H groups in total. The zero-order valence-electron chi connectivity index (χ0n) is 12.6. The molecule has 3 aromatic rings. The number of aromatic nitrogens is 1. The van der Waals surface area contributed by atoms with Gasteiger partial charge in [0, 0.05) is 11.8 Å². The third kappa shape index (κ3) is 2.61. The van der Waals surface area contributed by atoms with Gasteiger partial charge in [0.1, 0.15) is 0 Å². The lowest BCUT2D eigenvalue weighted by atomic mass is 10.0. The zero-order chi connectivity index (χ0) is 15.6. The fourth-order valence-corrected chi connectivity index (χ4v) is 3.04. The predicted molar refractivity (Wildman–Crippen MR) is 90.1 cm³/mol. The van der Waals surface area contributed by atoms with Crippen LogP contribution in [-0.2, 0) is 13.0 Å². The minimum absolute atomic E-state index is 0.0668. The number of hydrogen-bond donors (Lipinski definition) is 1. The molecule has 0 aliphatic heterocycles. The molecule has 1 amide bonds. The van der Waals surface area contributed by atoms with Crippen molar-refractivity contribution in [3.05, 3.63) is 89.2 Å². The van der Waals surface area contributed by atoms with Gasteiger partial charge in [-0.1, -0.05) is 36.4 Å². The molecule has 3 nitrogen and oxygen atoms in total. The zero-order valence-corrected chi connectivity index (χ0v) is 12.6. The van der Waals surface area contributed by atoms with Gasteiger partial charge < -0.3 is 5.32 Å². The Balaban J connectivity index is 1.56. The second-order valence-corrected chi connectivity index (χ2v) is 5.71. The van der Waals surface area contributed by atoms with Gasteiger partial charge in [0.2, 0.25) is 0 Å². The summed E-state index contributed by atoms with van der Waals surface area (Å²) in [4.78, 5) is 16.6. The smallest absolute Gasteiger partial charge is 0.251 e. The van der Waals surface area contributed by atoms with Crippen LogP contribution in [0.1, 0.15) is 27.2 Å². The highest BCUT2D eigenvalue weighted by atomic mass is 16.1. The van der Waals surface area contributed by atoms with Crippen molar-refractivity contribution in [1.82, 2.24) is 10.3 Å². The Kier molecular flexibility index (Phi) is 3.39. The van der Waals surface area contributed by atoms with E-state index in [2.05, 4.69) is 34.6 Å². The van der Waals surface area contributed by atoms with E-state index >= 15 is 0 Å². The van der Waals surface area contributed by atoms with Crippen LogP contribution in [0, 0.1) is 0 Å². The van der Waals surface area contributed by atoms with Crippen LogP contribution >= 0.6 is 0 Å². The summed E-state index contributed by atoms with van der Waals surface area (Å²) in [6.45, 7) is 0.438. The van der Waals surface area contributed by atoms with E-state index in [4.69, 9.17) is 0 Å². The quantitative estimate of drug-likeness (QED) is 0.628. The number of fused-ring (bicyclic) bond motifs is 3. The van der Waals surface area contributed by atoms with E-state index in [9.17, 15) is 4.79 Å². The molecule has 112 valence electrons. The van der Waals surface area contributed by atoms with Crippen LogP contribution in [-0.4, -0.2) is 10.9 Å². The van der Waals surface area contributed by atoms with Crippen LogP contribution in [0.3, 0.4) is 0 Å². The molecule has 1 heterocycles. The maximum atomic E-state index is 12.4. The van der Waals surface area contributed by atoms with Crippen molar-refractivity contribution in [1.29, 1.82) is 0 Å². The third-order valence-corrected chi connectivity index (χ3v) is 4.22. The summed E-state index contributed by atoms with van der Waals surface area (Å²) >= 11 is 0. The number of nitrogens with zero attached hydrogens (tertiary/aromatic N) is 1. The molecular formula is C20H16N2O. The number of carbonyl (C=O) groups excluding carboxylic acids is 1. The van der Waals surface area contributed by atoms with Gasteiger partial charge in [-0.05, 0) is 52.9 Å². The lowest BCUT2D eigenvalue weighted by molar-refractivity contribution is 0.0950. The summed E-state index contributed by atoms with van der Waals surface area (Å²) < 4.78 is 0. The summed E-state index contributed by atoms with van der Waals surface area (Å²) in [5.41, 5.74) is 6.57. The van der Waals surface area contributed by atoms with Gasteiger partial charge in [-0.2, -0.15) is 0 Å². The van der Waals surface area contributed by atoms with E-state index in [0.717, 1.165) is 12.1 Å². The number of pyridine rings is 1. The van der Waals surface area contributed by atoms with E-state index in [1.54, 1.807) is 6.20 Å². The second-order valence-electron chi connectivity index (χ2n) is 5.71. The van der Waals surface area contributed by atoms with Crippen molar-refractivity contribution in [3.8, 4) is 11.1 Å². The highest BCUT2D eigenvalue weighted by molar-refractivity contribution is 5.96. The number of benzene rings is 2. The first kappa shape index (κ1) is 13.7. The first-order valence-electron chi connectivity index (χ1n) is 7.70. The van der Waals surface area contributed by atoms with E-state index < -0.39 is 0 Å².